The predicted molar refractivity (Wildman–Crippen MR) is 138 cm³/mol. The molecule has 1 aromatic carbocycles. The van der Waals surface area contributed by atoms with Crippen LogP contribution in [-0.2, 0) is 6.42 Å². The van der Waals surface area contributed by atoms with Crippen LogP contribution in [0.5, 0.6) is 5.75 Å². The molecule has 3 unspecified atom stereocenters. The number of aliphatic hydroxyl groups is 1. The maximum Gasteiger partial charge on any atom is 0.234 e. The van der Waals surface area contributed by atoms with Gasteiger partial charge in [0.1, 0.15) is 33.6 Å². The minimum absolute atomic E-state index is 0.0751. The summed E-state index contributed by atoms with van der Waals surface area (Å²) in [6, 6.07) is 3.03. The van der Waals surface area contributed by atoms with Gasteiger partial charge in [0.05, 0.1) is 17.7 Å². The summed E-state index contributed by atoms with van der Waals surface area (Å²) >= 11 is 0.644. The van der Waals surface area contributed by atoms with E-state index >= 15 is 0 Å². The van der Waals surface area contributed by atoms with Gasteiger partial charge in [-0.25, -0.2) is 8.78 Å². The number of nitrogens with one attached hydrogen (secondary N) is 2. The van der Waals surface area contributed by atoms with Crippen molar-refractivity contribution in [2.45, 2.75) is 36.9 Å². The summed E-state index contributed by atoms with van der Waals surface area (Å²) in [6.45, 7) is 0. The van der Waals surface area contributed by atoms with Crippen molar-refractivity contribution in [1.82, 2.24) is 9.58 Å². The smallest absolute Gasteiger partial charge is 0.234 e. The molecular formula is C25H29F2N5O4S. The number of likely N-dealkylation sites (N-methyl/N-ethyl adjacent to an activating group) is 2. The van der Waals surface area contributed by atoms with Gasteiger partial charge in [0, 0.05) is 25.7 Å². The first-order chi connectivity index (χ1) is 17.4. The SMILES string of the molecule is COc1c(C=O)n(N(C)C2(N(C)C)CCC3CC32O)cc(C(=N)SC(=N)Cc2ccc(F)cc2F)c1=O. The van der Waals surface area contributed by atoms with Crippen molar-refractivity contribution in [3.05, 3.63) is 63.1 Å². The minimum Gasteiger partial charge on any atom is -0.491 e. The predicted octanol–water partition coefficient (Wildman–Crippen LogP) is 2.60. The van der Waals surface area contributed by atoms with Gasteiger partial charge in [0.25, 0.3) is 0 Å². The van der Waals surface area contributed by atoms with Crippen LogP contribution < -0.4 is 15.2 Å². The van der Waals surface area contributed by atoms with E-state index in [0.29, 0.717) is 30.9 Å². The molecule has 198 valence electrons. The number of aromatic nitrogens is 1. The Morgan fingerprint density at radius 2 is 2.03 bits per heavy atom. The quantitative estimate of drug-likeness (QED) is 0.206. The maximum atomic E-state index is 14.0. The fraction of sp³-hybridized carbons (Fsp3) is 0.440. The number of ether oxygens (including phenoxy) is 1. The zero-order valence-corrected chi connectivity index (χ0v) is 21.8. The second-order valence-electron chi connectivity index (χ2n) is 9.62. The van der Waals surface area contributed by atoms with Crippen LogP contribution in [-0.4, -0.2) is 70.6 Å². The summed E-state index contributed by atoms with van der Waals surface area (Å²) in [5.74, 6) is -1.69. The third kappa shape index (κ3) is 4.26. The van der Waals surface area contributed by atoms with E-state index < -0.39 is 28.3 Å². The molecule has 4 rings (SSSR count). The van der Waals surface area contributed by atoms with Gasteiger partial charge in [-0.15, -0.1) is 0 Å². The van der Waals surface area contributed by atoms with Gasteiger partial charge in [-0.3, -0.25) is 35.0 Å². The standard InChI is InChI=1S/C25H29F2N5O4S/c1-30(2)25(8-7-15-11-24(15,25)35)31(3)32-12-17(21(34)22(36-4)19(32)13-33)23(29)37-20(28)9-14-5-6-16(26)10-18(14)27/h5-6,10,12-13,15,28-29,35H,7-9,11H2,1-4H3. The lowest BCUT2D eigenvalue weighted by molar-refractivity contribution is -0.0309. The number of hydrogen-bond donors (Lipinski definition) is 3. The van der Waals surface area contributed by atoms with Crippen molar-refractivity contribution < 1.29 is 23.4 Å². The van der Waals surface area contributed by atoms with Gasteiger partial charge in [-0.1, -0.05) is 17.8 Å². The molecule has 12 heteroatoms. The lowest BCUT2D eigenvalue weighted by Crippen LogP contribution is -2.68. The summed E-state index contributed by atoms with van der Waals surface area (Å²) in [5.41, 5.74) is -2.72. The van der Waals surface area contributed by atoms with Gasteiger partial charge in [0.15, 0.2) is 12.0 Å². The number of carbonyl (C=O) groups is 1. The van der Waals surface area contributed by atoms with Gasteiger partial charge >= 0.3 is 0 Å². The lowest BCUT2D eigenvalue weighted by Gasteiger charge is -2.50. The Bertz CT molecular complexity index is 1350. The zero-order valence-electron chi connectivity index (χ0n) is 21.0. The average Bonchev–Trinajstić information content (AvgIpc) is 3.41. The molecule has 37 heavy (non-hydrogen) atoms. The van der Waals surface area contributed by atoms with Gasteiger partial charge in [-0.2, -0.15) is 0 Å². The molecular weight excluding hydrogens is 504 g/mol. The highest BCUT2D eigenvalue weighted by molar-refractivity contribution is 8.26. The number of thioether (sulfide) groups is 1. The number of benzene rings is 1. The molecule has 2 fully saturated rings. The maximum absolute atomic E-state index is 14.0. The highest BCUT2D eigenvalue weighted by Gasteiger charge is 2.73. The molecule has 3 N–H and O–H groups in total. The number of aldehydes is 1. The molecule has 9 nitrogen and oxygen atoms in total. The average molecular weight is 534 g/mol. The molecule has 3 atom stereocenters. The van der Waals surface area contributed by atoms with Crippen molar-refractivity contribution in [2.75, 3.05) is 33.3 Å². The van der Waals surface area contributed by atoms with Crippen molar-refractivity contribution in [3.8, 4) is 5.75 Å². The van der Waals surface area contributed by atoms with Crippen LogP contribution in [0.2, 0.25) is 0 Å². The number of carbonyl (C=O) groups excluding carboxylic acids is 1. The Balaban J connectivity index is 1.71. The van der Waals surface area contributed by atoms with Crippen molar-refractivity contribution in [1.29, 1.82) is 10.8 Å². The molecule has 0 bridgehead atoms. The van der Waals surface area contributed by atoms with E-state index in [4.69, 9.17) is 15.6 Å². The van der Waals surface area contributed by atoms with Crippen LogP contribution in [0.25, 0.3) is 0 Å². The monoisotopic (exact) mass is 533 g/mol. The van der Waals surface area contributed by atoms with Crippen LogP contribution in [0, 0.1) is 28.4 Å². The summed E-state index contributed by atoms with van der Waals surface area (Å²) in [6.07, 6.45) is 3.64. The Morgan fingerprint density at radius 1 is 1.32 bits per heavy atom. The molecule has 0 spiro atoms. The number of rotatable bonds is 8. The van der Waals surface area contributed by atoms with Crippen molar-refractivity contribution in [2.24, 2.45) is 5.92 Å². The van der Waals surface area contributed by atoms with E-state index in [9.17, 15) is 23.5 Å². The number of fused-ring (bicyclic) bond motifs is 1. The normalized spacial score (nSPS) is 24.1. The Morgan fingerprint density at radius 3 is 2.54 bits per heavy atom. The Labute approximate surface area is 217 Å². The van der Waals surface area contributed by atoms with E-state index in [2.05, 4.69) is 0 Å². The van der Waals surface area contributed by atoms with Gasteiger partial charge in [0.2, 0.25) is 5.43 Å². The van der Waals surface area contributed by atoms with Crippen molar-refractivity contribution in [3.63, 3.8) is 0 Å². The first-order valence-electron chi connectivity index (χ1n) is 11.6. The zero-order chi connectivity index (χ0) is 27.3. The molecule has 2 saturated carbocycles. The van der Waals surface area contributed by atoms with Crippen LogP contribution in [0.4, 0.5) is 8.78 Å². The third-order valence-electron chi connectivity index (χ3n) is 7.54. The molecule has 1 heterocycles. The number of methoxy groups -OCH3 is 1. The summed E-state index contributed by atoms with van der Waals surface area (Å²) in [5, 5.41) is 29.5. The molecule has 2 aromatic rings. The molecule has 2 aliphatic carbocycles. The van der Waals surface area contributed by atoms with E-state index in [1.165, 1.54) is 24.0 Å². The van der Waals surface area contributed by atoms with Crippen molar-refractivity contribution >= 4 is 28.1 Å². The summed E-state index contributed by atoms with van der Waals surface area (Å²) < 4.78 is 33.9. The highest BCUT2D eigenvalue weighted by Crippen LogP contribution is 2.63. The topological polar surface area (TPSA) is 123 Å². The fourth-order valence-corrected chi connectivity index (χ4v) is 6.35. The summed E-state index contributed by atoms with van der Waals surface area (Å²) in [7, 11) is 6.62. The largest absolute Gasteiger partial charge is 0.491 e. The fourth-order valence-electron chi connectivity index (χ4n) is 5.62. The highest BCUT2D eigenvalue weighted by atomic mass is 32.2. The van der Waals surface area contributed by atoms with E-state index in [-0.39, 0.29) is 45.0 Å². The van der Waals surface area contributed by atoms with Crippen LogP contribution in [0.1, 0.15) is 40.9 Å². The number of pyridine rings is 1. The van der Waals surface area contributed by atoms with E-state index in [1.54, 1.807) is 12.1 Å². The number of halogens is 2. The molecule has 1 aromatic heterocycles. The Kier molecular flexibility index (Phi) is 7.04. The summed E-state index contributed by atoms with van der Waals surface area (Å²) in [4.78, 5) is 27.2. The minimum atomic E-state index is -1.01. The van der Waals surface area contributed by atoms with Crippen LogP contribution in [0.3, 0.4) is 0 Å². The molecule has 0 saturated heterocycles. The molecule has 0 radical (unpaired) electrons. The molecule has 0 aliphatic heterocycles. The third-order valence-corrected chi connectivity index (χ3v) is 8.35. The number of nitrogens with zero attached hydrogens (tertiary/aromatic N) is 3. The van der Waals surface area contributed by atoms with Crippen LogP contribution >= 0.6 is 11.8 Å². The van der Waals surface area contributed by atoms with Gasteiger partial charge in [-0.05, 0) is 50.9 Å². The molecule has 0 amide bonds. The number of hydrogen-bond acceptors (Lipinski definition) is 9. The van der Waals surface area contributed by atoms with Gasteiger partial charge < -0.3 is 9.84 Å². The second-order valence-corrected chi connectivity index (χ2v) is 10.7. The van der Waals surface area contributed by atoms with Crippen LogP contribution in [0.15, 0.2) is 29.2 Å². The lowest BCUT2D eigenvalue weighted by atomic mass is 9.98. The van der Waals surface area contributed by atoms with E-state index in [1.807, 2.05) is 19.0 Å². The Hall–Kier alpha value is -3.09. The molecule has 2 aliphatic rings. The first kappa shape index (κ1) is 27.0. The second kappa shape index (κ2) is 9.66. The first-order valence-corrected chi connectivity index (χ1v) is 12.4. The van der Waals surface area contributed by atoms with E-state index in [0.717, 1.165) is 18.6 Å².